The van der Waals surface area contributed by atoms with Gasteiger partial charge in [-0.2, -0.15) is 0 Å². The van der Waals surface area contributed by atoms with Crippen LogP contribution in [0.2, 0.25) is 0 Å². The lowest BCUT2D eigenvalue weighted by molar-refractivity contribution is -0.163. The lowest BCUT2D eigenvalue weighted by atomic mass is 9.79. The summed E-state index contributed by atoms with van der Waals surface area (Å²) in [6, 6.07) is -0.958. The standard InChI is InChI=1S/C22H33N7O7S/c1-9-16-15(10(2)30)19(33)29(16)20(36-22(34)35)17(9)37-12-5-13(25-6-12)18(32)28-4-3-11(8-28)27-14(31)7-26-21(23)24/h9-13,15-16,25,30H,3-8H2,1-2H3,(H,27,31)(H,34,35)(H4,23,24,26)/t9?,10?,11?,12?,13?,15?,16-/m0/s1. The predicted molar refractivity (Wildman–Crippen MR) is 133 cm³/mol. The van der Waals surface area contributed by atoms with Crippen LogP contribution in [0.25, 0.3) is 0 Å². The SMILES string of the molecule is CC(O)C1C(=O)N2C(OC(=O)O)=C(SC3CNC(C(=O)N4CCC(NC(=O)CN=C(N)N)C4)C3)C(C)[C@@H]12. The van der Waals surface area contributed by atoms with Gasteiger partial charge in [-0.1, -0.05) is 6.92 Å². The number of nitrogens with two attached hydrogens (primary N) is 2. The van der Waals surface area contributed by atoms with E-state index < -0.39 is 24.2 Å². The third kappa shape index (κ3) is 5.48. The first-order valence-electron chi connectivity index (χ1n) is 12.2. The molecule has 4 heterocycles. The number of ether oxygens (including phenoxy) is 1. The van der Waals surface area contributed by atoms with Crippen molar-refractivity contribution in [3.8, 4) is 0 Å². The number of nitrogens with one attached hydrogen (secondary N) is 2. The van der Waals surface area contributed by atoms with Crippen molar-refractivity contribution in [2.75, 3.05) is 26.2 Å². The molecule has 7 atom stereocenters. The molecule has 0 saturated carbocycles. The zero-order chi connectivity index (χ0) is 27.0. The van der Waals surface area contributed by atoms with Gasteiger partial charge >= 0.3 is 6.16 Å². The van der Waals surface area contributed by atoms with Gasteiger partial charge in [0.05, 0.1) is 29.0 Å². The Bertz CT molecular complexity index is 1030. The molecule has 14 nitrogen and oxygen atoms in total. The molecular weight excluding hydrogens is 506 g/mol. The molecule has 0 aromatic rings. The molecule has 6 unspecified atom stereocenters. The number of likely N-dealkylation sites (tertiary alicyclic amines) is 1. The second kappa shape index (κ2) is 10.8. The maximum atomic E-state index is 13.1. The van der Waals surface area contributed by atoms with E-state index in [0.29, 0.717) is 37.4 Å². The highest BCUT2D eigenvalue weighted by Crippen LogP contribution is 2.52. The molecule has 0 bridgehead atoms. The summed E-state index contributed by atoms with van der Waals surface area (Å²) in [5.41, 5.74) is 10.5. The van der Waals surface area contributed by atoms with Crippen molar-refractivity contribution in [3.63, 3.8) is 0 Å². The summed E-state index contributed by atoms with van der Waals surface area (Å²) in [7, 11) is 0. The van der Waals surface area contributed by atoms with Crippen molar-refractivity contribution in [1.82, 2.24) is 20.4 Å². The maximum Gasteiger partial charge on any atom is 0.512 e. The van der Waals surface area contributed by atoms with Crippen LogP contribution < -0.4 is 22.1 Å². The molecule has 3 fully saturated rings. The second-order valence-electron chi connectivity index (χ2n) is 9.81. The van der Waals surface area contributed by atoms with Gasteiger partial charge in [0.25, 0.3) is 0 Å². The number of carboxylic acid groups (broad SMARTS) is 1. The van der Waals surface area contributed by atoms with Crippen LogP contribution in [0.15, 0.2) is 15.8 Å². The van der Waals surface area contributed by atoms with Crippen molar-refractivity contribution in [3.05, 3.63) is 10.8 Å². The number of fused-ring (bicyclic) bond motifs is 1. The Morgan fingerprint density at radius 1 is 1.35 bits per heavy atom. The van der Waals surface area contributed by atoms with E-state index in [2.05, 4.69) is 15.6 Å². The van der Waals surface area contributed by atoms with E-state index in [-0.39, 0.29) is 59.4 Å². The van der Waals surface area contributed by atoms with Crippen LogP contribution in [0.5, 0.6) is 0 Å². The molecule has 0 aromatic heterocycles. The lowest BCUT2D eigenvalue weighted by Gasteiger charge is -2.45. The zero-order valence-electron chi connectivity index (χ0n) is 20.6. The summed E-state index contributed by atoms with van der Waals surface area (Å²) in [5, 5.41) is 25.3. The van der Waals surface area contributed by atoms with Crippen LogP contribution in [0.4, 0.5) is 4.79 Å². The Morgan fingerprint density at radius 3 is 2.73 bits per heavy atom. The van der Waals surface area contributed by atoms with Crippen molar-refractivity contribution in [2.45, 2.75) is 56.2 Å². The van der Waals surface area contributed by atoms with Crippen molar-refractivity contribution in [2.24, 2.45) is 28.3 Å². The summed E-state index contributed by atoms with van der Waals surface area (Å²) < 4.78 is 5.01. The number of guanidine groups is 1. The van der Waals surface area contributed by atoms with Gasteiger partial charge in [0.1, 0.15) is 6.54 Å². The van der Waals surface area contributed by atoms with Gasteiger partial charge in [0.15, 0.2) is 5.96 Å². The fraction of sp³-hybridized carbons (Fsp3) is 0.682. The summed E-state index contributed by atoms with van der Waals surface area (Å²) >= 11 is 1.41. The Morgan fingerprint density at radius 2 is 2.08 bits per heavy atom. The van der Waals surface area contributed by atoms with Gasteiger partial charge in [-0.25, -0.2) is 9.79 Å². The maximum absolute atomic E-state index is 13.1. The molecule has 0 aliphatic carbocycles. The first-order valence-corrected chi connectivity index (χ1v) is 13.1. The summed E-state index contributed by atoms with van der Waals surface area (Å²) in [6.07, 6.45) is -1.24. The number of thioether (sulfide) groups is 1. The number of aliphatic imine (C=N–C) groups is 1. The van der Waals surface area contributed by atoms with Crippen molar-refractivity contribution < 1.29 is 34.1 Å². The normalized spacial score (nSPS) is 31.6. The largest absolute Gasteiger partial charge is 0.512 e. The number of carbonyl (C=O) groups excluding carboxylic acids is 3. The minimum Gasteiger partial charge on any atom is -0.449 e. The molecule has 0 aromatic carbocycles. The Hall–Kier alpha value is -3.04. The highest BCUT2D eigenvalue weighted by atomic mass is 32.2. The topological polar surface area (TPSA) is 213 Å². The molecule has 4 aliphatic heterocycles. The minimum absolute atomic E-state index is 0.00512. The molecule has 204 valence electrons. The van der Waals surface area contributed by atoms with Crippen LogP contribution in [-0.2, 0) is 19.1 Å². The van der Waals surface area contributed by atoms with Crippen LogP contribution >= 0.6 is 11.8 Å². The summed E-state index contributed by atoms with van der Waals surface area (Å²) in [4.78, 5) is 56.4. The summed E-state index contributed by atoms with van der Waals surface area (Å²) in [5.74, 6) is -1.72. The van der Waals surface area contributed by atoms with Crippen LogP contribution in [0.1, 0.15) is 26.7 Å². The molecular formula is C22H33N7O7S. The average Bonchev–Trinajstić information content (AvgIpc) is 3.51. The molecule has 4 aliphatic rings. The second-order valence-corrected chi connectivity index (χ2v) is 11.1. The van der Waals surface area contributed by atoms with E-state index in [4.69, 9.17) is 16.2 Å². The Labute approximate surface area is 217 Å². The fourth-order valence-corrected chi connectivity index (χ4v) is 6.92. The number of hydrogen-bond acceptors (Lipinski definition) is 9. The molecule has 3 saturated heterocycles. The monoisotopic (exact) mass is 539 g/mol. The van der Waals surface area contributed by atoms with Crippen LogP contribution in [0.3, 0.4) is 0 Å². The minimum atomic E-state index is -1.51. The molecule has 4 rings (SSSR count). The van der Waals surface area contributed by atoms with Gasteiger partial charge in [0.2, 0.25) is 23.6 Å². The Kier molecular flexibility index (Phi) is 7.85. The number of hydrogen-bond donors (Lipinski definition) is 6. The van der Waals surface area contributed by atoms with E-state index in [1.54, 1.807) is 11.8 Å². The van der Waals surface area contributed by atoms with E-state index in [1.165, 1.54) is 16.7 Å². The van der Waals surface area contributed by atoms with Crippen molar-refractivity contribution in [1.29, 1.82) is 0 Å². The summed E-state index contributed by atoms with van der Waals surface area (Å²) in [6.45, 7) is 4.69. The average molecular weight is 540 g/mol. The first kappa shape index (κ1) is 27.0. The highest BCUT2D eigenvalue weighted by molar-refractivity contribution is 8.03. The number of nitrogens with zero attached hydrogens (tertiary/aromatic N) is 3. The number of aliphatic hydroxyl groups is 1. The molecule has 37 heavy (non-hydrogen) atoms. The number of aliphatic hydroxyl groups excluding tert-OH is 1. The van der Waals surface area contributed by atoms with E-state index in [9.17, 15) is 29.4 Å². The van der Waals surface area contributed by atoms with E-state index >= 15 is 0 Å². The van der Waals surface area contributed by atoms with Gasteiger partial charge < -0.3 is 42.0 Å². The van der Waals surface area contributed by atoms with Gasteiger partial charge in [-0.3, -0.25) is 19.3 Å². The van der Waals surface area contributed by atoms with E-state index in [1.807, 2.05) is 6.92 Å². The fourth-order valence-electron chi connectivity index (χ4n) is 5.50. The number of amides is 3. The molecule has 8 N–H and O–H groups in total. The van der Waals surface area contributed by atoms with Gasteiger partial charge in [-0.15, -0.1) is 11.8 Å². The number of carbonyl (C=O) groups is 4. The molecule has 3 amide bonds. The van der Waals surface area contributed by atoms with Gasteiger partial charge in [-0.05, 0) is 19.8 Å². The lowest BCUT2D eigenvalue weighted by Crippen LogP contribution is -2.63. The first-order chi connectivity index (χ1) is 17.5. The number of β-lactam (4-membered cyclic amide) rings is 1. The molecule has 0 spiro atoms. The third-order valence-electron chi connectivity index (χ3n) is 7.20. The third-order valence-corrected chi connectivity index (χ3v) is 8.69. The zero-order valence-corrected chi connectivity index (χ0v) is 21.4. The van der Waals surface area contributed by atoms with E-state index in [0.717, 1.165) is 0 Å². The smallest absolute Gasteiger partial charge is 0.449 e. The number of rotatable bonds is 8. The molecule has 15 heteroatoms. The Balaban J connectivity index is 1.34. The highest BCUT2D eigenvalue weighted by Gasteiger charge is 2.60. The van der Waals surface area contributed by atoms with Crippen LogP contribution in [0, 0.1) is 11.8 Å². The van der Waals surface area contributed by atoms with Gasteiger partial charge in [0, 0.05) is 36.8 Å². The van der Waals surface area contributed by atoms with Crippen molar-refractivity contribution >= 4 is 41.6 Å². The quantitative estimate of drug-likeness (QED) is 0.0872. The predicted octanol–water partition coefficient (Wildman–Crippen LogP) is -1.84. The molecule has 0 radical (unpaired) electrons. The van der Waals surface area contributed by atoms with Crippen LogP contribution in [-0.4, -0.2) is 106 Å².